The molecule has 2 N–H and O–H groups in total. The number of aromatic nitrogens is 4. The molecule has 3 aliphatic rings. The van der Waals surface area contributed by atoms with E-state index in [2.05, 4.69) is 33.3 Å². The maximum atomic E-state index is 13.5. The van der Waals surface area contributed by atoms with Gasteiger partial charge in [-0.15, -0.1) is 0 Å². The Labute approximate surface area is 205 Å². The number of aromatic amines is 2. The zero-order chi connectivity index (χ0) is 24.3. The van der Waals surface area contributed by atoms with Gasteiger partial charge in [0, 0.05) is 34.5 Å². The molecule has 4 aromatic rings. The quantitative estimate of drug-likeness (QED) is 0.370. The number of pyridine rings is 1. The van der Waals surface area contributed by atoms with Crippen LogP contribution in [0.2, 0.25) is 0 Å². The fourth-order valence-corrected chi connectivity index (χ4v) is 6.34. The molecule has 0 unspecified atom stereocenters. The van der Waals surface area contributed by atoms with Gasteiger partial charge in [-0.2, -0.15) is 5.10 Å². The van der Waals surface area contributed by atoms with E-state index in [1.54, 1.807) is 0 Å². The van der Waals surface area contributed by atoms with Gasteiger partial charge in [0.25, 0.3) is 0 Å². The molecule has 7 rings (SSSR count). The predicted molar refractivity (Wildman–Crippen MR) is 136 cm³/mol. The molecule has 3 aromatic heterocycles. The molecule has 35 heavy (non-hydrogen) atoms. The first-order chi connectivity index (χ1) is 16.8. The smallest absolute Gasteiger partial charge is 0.411 e. The zero-order valence-electron chi connectivity index (χ0n) is 20.7. The summed E-state index contributed by atoms with van der Waals surface area (Å²) in [6, 6.07) is 12.4. The topological polar surface area (TPSA) is 86.9 Å². The SMILES string of the molecule is CC(C)(C)OC(=O)N(Cc1ccccc1)C12CCC(c3n[nH]c4cnc5[nH]ccc5c34)(CC1)CC2. The zero-order valence-corrected chi connectivity index (χ0v) is 20.7. The molecule has 2 bridgehead atoms. The lowest BCUT2D eigenvalue weighted by Crippen LogP contribution is -2.60. The van der Waals surface area contributed by atoms with Gasteiger partial charge in [0.1, 0.15) is 11.2 Å². The van der Waals surface area contributed by atoms with E-state index < -0.39 is 5.60 Å². The minimum Gasteiger partial charge on any atom is -0.444 e. The summed E-state index contributed by atoms with van der Waals surface area (Å²) in [5.74, 6) is 0. The van der Waals surface area contributed by atoms with E-state index in [1.165, 1.54) is 11.1 Å². The average Bonchev–Trinajstić information content (AvgIpc) is 3.50. The van der Waals surface area contributed by atoms with Crippen molar-refractivity contribution in [3.8, 4) is 0 Å². The summed E-state index contributed by atoms with van der Waals surface area (Å²) in [5.41, 5.74) is 3.50. The van der Waals surface area contributed by atoms with Crippen LogP contribution in [0, 0.1) is 0 Å². The standard InChI is InChI=1S/C28H33N5O2/c1-26(2,3)35-25(34)33(18-19-7-5-4-6-8-19)28-13-10-27(11-14-28,12-15-28)23-22-20-9-16-29-24(20)30-17-21(22)31-32-23/h4-9,16-17H,10-15,18H2,1-3H3,(H,29,30)(H,31,32). The summed E-state index contributed by atoms with van der Waals surface area (Å²) in [6.45, 7) is 6.39. The van der Waals surface area contributed by atoms with Gasteiger partial charge in [-0.1, -0.05) is 30.3 Å². The molecule has 0 saturated heterocycles. The van der Waals surface area contributed by atoms with Gasteiger partial charge < -0.3 is 9.72 Å². The number of fused-ring (bicyclic) bond motifs is 6. The molecular weight excluding hydrogens is 438 g/mol. The van der Waals surface area contributed by atoms with E-state index in [9.17, 15) is 4.79 Å². The number of hydrogen-bond acceptors (Lipinski definition) is 4. The van der Waals surface area contributed by atoms with Crippen molar-refractivity contribution in [2.75, 3.05) is 0 Å². The van der Waals surface area contributed by atoms with Crippen molar-refractivity contribution in [1.29, 1.82) is 0 Å². The van der Waals surface area contributed by atoms with Gasteiger partial charge in [-0.05, 0) is 70.9 Å². The highest BCUT2D eigenvalue weighted by Gasteiger charge is 2.55. The van der Waals surface area contributed by atoms with Gasteiger partial charge >= 0.3 is 6.09 Å². The number of carbonyl (C=O) groups is 1. The molecule has 3 heterocycles. The maximum Gasteiger partial charge on any atom is 0.411 e. The Kier molecular flexibility index (Phi) is 4.95. The lowest BCUT2D eigenvalue weighted by Gasteiger charge is -2.57. The van der Waals surface area contributed by atoms with Crippen molar-refractivity contribution >= 4 is 28.0 Å². The number of H-pyrrole nitrogens is 2. The minimum atomic E-state index is -0.528. The highest BCUT2D eigenvalue weighted by atomic mass is 16.6. The Hall–Kier alpha value is -3.35. The number of amides is 1. The van der Waals surface area contributed by atoms with Gasteiger partial charge in [0.05, 0.1) is 17.4 Å². The molecule has 1 amide bonds. The Morgan fingerprint density at radius 3 is 2.46 bits per heavy atom. The van der Waals surface area contributed by atoms with E-state index in [1.807, 2.05) is 56.3 Å². The fraction of sp³-hybridized carbons (Fsp3) is 0.464. The van der Waals surface area contributed by atoms with Crippen LogP contribution in [-0.4, -0.2) is 42.3 Å². The van der Waals surface area contributed by atoms with Crippen molar-refractivity contribution in [2.24, 2.45) is 0 Å². The van der Waals surface area contributed by atoms with E-state index in [-0.39, 0.29) is 17.0 Å². The van der Waals surface area contributed by atoms with Crippen LogP contribution >= 0.6 is 0 Å². The molecule has 0 spiro atoms. The van der Waals surface area contributed by atoms with Gasteiger partial charge in [0.15, 0.2) is 0 Å². The molecule has 182 valence electrons. The molecule has 7 nitrogen and oxygen atoms in total. The summed E-state index contributed by atoms with van der Waals surface area (Å²) in [5, 5.41) is 10.4. The third-order valence-electron chi connectivity index (χ3n) is 8.19. The third-order valence-corrected chi connectivity index (χ3v) is 8.19. The first-order valence-corrected chi connectivity index (χ1v) is 12.6. The summed E-state index contributed by atoms with van der Waals surface area (Å²) < 4.78 is 5.92. The van der Waals surface area contributed by atoms with Crippen LogP contribution in [0.3, 0.4) is 0 Å². The Morgan fingerprint density at radius 1 is 1.06 bits per heavy atom. The molecule has 0 atom stereocenters. The number of nitrogens with one attached hydrogen (secondary N) is 2. The average molecular weight is 472 g/mol. The summed E-state index contributed by atoms with van der Waals surface area (Å²) in [6.07, 6.45) is 9.50. The van der Waals surface area contributed by atoms with E-state index in [4.69, 9.17) is 9.84 Å². The van der Waals surface area contributed by atoms with Crippen molar-refractivity contribution in [2.45, 2.75) is 82.4 Å². The number of rotatable bonds is 4. The van der Waals surface area contributed by atoms with Crippen molar-refractivity contribution in [3.05, 3.63) is 60.0 Å². The number of benzene rings is 1. The molecule has 7 heteroatoms. The van der Waals surface area contributed by atoms with Crippen LogP contribution in [0.1, 0.15) is 70.6 Å². The molecule has 3 aliphatic carbocycles. The summed E-state index contributed by atoms with van der Waals surface area (Å²) >= 11 is 0. The number of carbonyl (C=O) groups excluding carboxylic acids is 1. The monoisotopic (exact) mass is 471 g/mol. The highest BCUT2D eigenvalue weighted by Crippen LogP contribution is 2.57. The van der Waals surface area contributed by atoms with Crippen LogP contribution < -0.4 is 0 Å². The van der Waals surface area contributed by atoms with Crippen molar-refractivity contribution in [3.63, 3.8) is 0 Å². The van der Waals surface area contributed by atoms with E-state index in [0.717, 1.165) is 60.6 Å². The number of hydrogen-bond donors (Lipinski definition) is 2. The van der Waals surface area contributed by atoms with Crippen LogP contribution in [0.4, 0.5) is 4.79 Å². The molecule has 0 aliphatic heterocycles. The highest BCUT2D eigenvalue weighted by molar-refractivity contribution is 6.05. The number of nitrogens with zero attached hydrogens (tertiary/aromatic N) is 3. The van der Waals surface area contributed by atoms with E-state index in [0.29, 0.717) is 6.54 Å². The lowest BCUT2D eigenvalue weighted by molar-refractivity contribution is -0.0492. The number of ether oxygens (including phenoxy) is 1. The van der Waals surface area contributed by atoms with Gasteiger partial charge in [-0.25, -0.2) is 9.78 Å². The molecular formula is C28H33N5O2. The van der Waals surface area contributed by atoms with Crippen LogP contribution in [0.5, 0.6) is 0 Å². The Bertz CT molecular complexity index is 1360. The van der Waals surface area contributed by atoms with Crippen molar-refractivity contribution in [1.82, 2.24) is 25.1 Å². The summed E-state index contributed by atoms with van der Waals surface area (Å²) in [4.78, 5) is 23.3. The third kappa shape index (κ3) is 3.68. The Balaban J connectivity index is 1.33. The maximum absolute atomic E-state index is 13.5. The van der Waals surface area contributed by atoms with Gasteiger partial charge in [0.2, 0.25) is 0 Å². The second-order valence-corrected chi connectivity index (χ2v) is 11.4. The Morgan fingerprint density at radius 2 is 1.77 bits per heavy atom. The molecule has 3 saturated carbocycles. The van der Waals surface area contributed by atoms with Crippen LogP contribution in [-0.2, 0) is 16.7 Å². The van der Waals surface area contributed by atoms with Crippen LogP contribution in [0.15, 0.2) is 48.8 Å². The second kappa shape index (κ2) is 7.83. The largest absolute Gasteiger partial charge is 0.444 e. The minimum absolute atomic E-state index is 0.0257. The lowest BCUT2D eigenvalue weighted by atomic mass is 9.55. The fourth-order valence-electron chi connectivity index (χ4n) is 6.34. The predicted octanol–water partition coefficient (Wildman–Crippen LogP) is 6.22. The molecule has 3 fully saturated rings. The van der Waals surface area contributed by atoms with Crippen molar-refractivity contribution < 1.29 is 9.53 Å². The normalized spacial score (nSPS) is 24.2. The van der Waals surface area contributed by atoms with Gasteiger partial charge in [-0.3, -0.25) is 10.00 Å². The first-order valence-electron chi connectivity index (χ1n) is 12.6. The summed E-state index contributed by atoms with van der Waals surface area (Å²) in [7, 11) is 0. The first kappa shape index (κ1) is 22.1. The van der Waals surface area contributed by atoms with E-state index >= 15 is 0 Å². The molecule has 1 aromatic carbocycles. The molecule has 0 radical (unpaired) electrons. The second-order valence-electron chi connectivity index (χ2n) is 11.4. The van der Waals surface area contributed by atoms with Crippen LogP contribution in [0.25, 0.3) is 21.9 Å².